The van der Waals surface area contributed by atoms with Crippen molar-refractivity contribution in [3.8, 4) is 11.3 Å². The smallest absolute Gasteiger partial charge is 0.254 e. The zero-order valence-electron chi connectivity index (χ0n) is 18.3. The minimum absolute atomic E-state index is 0.00594. The topological polar surface area (TPSA) is 41.4 Å². The number of rotatable bonds is 7. The lowest BCUT2D eigenvalue weighted by molar-refractivity contribution is 0.0672. The molecule has 0 unspecified atom stereocenters. The van der Waals surface area contributed by atoms with Crippen molar-refractivity contribution >= 4 is 23.3 Å². The number of hydrogen-bond donors (Lipinski definition) is 0. The summed E-state index contributed by atoms with van der Waals surface area (Å²) in [5.74, 6) is 0.986. The second kappa shape index (κ2) is 9.35. The third-order valence-corrected chi connectivity index (χ3v) is 5.64. The fraction of sp³-hybridized carbons (Fsp3) is 0.333. The molecule has 0 aliphatic heterocycles. The number of hydrogen-bond acceptors (Lipinski definition) is 3. The number of aryl methyl sites for hydroxylation is 1. The van der Waals surface area contributed by atoms with Crippen LogP contribution in [0.2, 0.25) is 5.02 Å². The Morgan fingerprint density at radius 1 is 1.10 bits per heavy atom. The van der Waals surface area contributed by atoms with Gasteiger partial charge in [0.25, 0.3) is 5.91 Å². The summed E-state index contributed by atoms with van der Waals surface area (Å²) in [7, 11) is 5.95. The number of carbonyl (C=O) groups excluding carboxylic acids is 1. The first kappa shape index (κ1) is 21.9. The van der Waals surface area contributed by atoms with E-state index in [0.29, 0.717) is 17.1 Å². The van der Waals surface area contributed by atoms with E-state index in [-0.39, 0.29) is 11.9 Å². The highest BCUT2D eigenvalue weighted by Gasteiger charge is 2.27. The molecule has 3 rings (SSSR count). The number of anilines is 1. The van der Waals surface area contributed by atoms with E-state index in [1.165, 1.54) is 0 Å². The first-order valence-electron chi connectivity index (χ1n) is 10.2. The van der Waals surface area contributed by atoms with Gasteiger partial charge in [-0.15, -0.1) is 0 Å². The molecule has 0 spiro atoms. The Labute approximate surface area is 183 Å². The lowest BCUT2D eigenvalue weighted by Gasteiger charge is -2.30. The van der Waals surface area contributed by atoms with Gasteiger partial charge in [0, 0.05) is 48.9 Å². The van der Waals surface area contributed by atoms with E-state index < -0.39 is 0 Å². The normalized spacial score (nSPS) is 11.9. The number of amides is 1. The van der Waals surface area contributed by atoms with E-state index in [2.05, 4.69) is 30.9 Å². The molecule has 3 aromatic rings. The molecule has 0 bridgehead atoms. The molecule has 1 heterocycles. The van der Waals surface area contributed by atoms with Crippen LogP contribution in [0, 0.1) is 0 Å². The van der Waals surface area contributed by atoms with E-state index in [1.54, 1.807) is 24.3 Å². The van der Waals surface area contributed by atoms with Gasteiger partial charge in [0.2, 0.25) is 0 Å². The second-order valence-corrected chi connectivity index (χ2v) is 8.17. The zero-order chi connectivity index (χ0) is 21.8. The van der Waals surface area contributed by atoms with Crippen LogP contribution in [0.15, 0.2) is 54.6 Å². The van der Waals surface area contributed by atoms with Gasteiger partial charge in [-0.2, -0.15) is 5.10 Å². The highest BCUT2D eigenvalue weighted by atomic mass is 35.5. The Hall–Kier alpha value is -2.79. The Bertz CT molecular complexity index is 996. The van der Waals surface area contributed by atoms with Gasteiger partial charge >= 0.3 is 0 Å². The lowest BCUT2D eigenvalue weighted by Crippen LogP contribution is -2.38. The van der Waals surface area contributed by atoms with Crippen LogP contribution in [0.5, 0.6) is 0 Å². The molecule has 0 aliphatic rings. The molecule has 5 nitrogen and oxygen atoms in total. The predicted octanol–water partition coefficient (Wildman–Crippen LogP) is 5.25. The molecule has 6 heteroatoms. The number of benzene rings is 2. The third kappa shape index (κ3) is 4.51. The first-order chi connectivity index (χ1) is 14.3. The van der Waals surface area contributed by atoms with Crippen LogP contribution in [0.3, 0.4) is 0 Å². The van der Waals surface area contributed by atoms with Gasteiger partial charge in [-0.05, 0) is 37.6 Å². The van der Waals surface area contributed by atoms with Crippen LogP contribution in [-0.2, 0) is 13.6 Å². The molecule has 0 saturated carbocycles. The molecule has 0 radical (unpaired) electrons. The minimum Gasteiger partial charge on any atom is -0.363 e. The Balaban J connectivity index is 2.08. The summed E-state index contributed by atoms with van der Waals surface area (Å²) in [5.41, 5.74) is 3.62. The van der Waals surface area contributed by atoms with Gasteiger partial charge in [0.15, 0.2) is 0 Å². The fourth-order valence-electron chi connectivity index (χ4n) is 3.67. The summed E-state index contributed by atoms with van der Waals surface area (Å²) < 4.78 is 1.89. The SMILES string of the molecule is CC[C@@H](C)N(Cc1c(-c2ccccc2)nn(C)c1N(C)C)C(=O)c1ccc(Cl)cc1. The Morgan fingerprint density at radius 3 is 2.30 bits per heavy atom. The van der Waals surface area contributed by atoms with Gasteiger partial charge in [-0.3, -0.25) is 9.48 Å². The molecule has 1 amide bonds. The van der Waals surface area contributed by atoms with E-state index in [0.717, 1.165) is 29.1 Å². The highest BCUT2D eigenvalue weighted by Crippen LogP contribution is 2.32. The maximum atomic E-state index is 13.4. The number of aromatic nitrogens is 2. The zero-order valence-corrected chi connectivity index (χ0v) is 19.0. The van der Waals surface area contributed by atoms with Crippen molar-refractivity contribution in [3.05, 3.63) is 70.7 Å². The monoisotopic (exact) mass is 424 g/mol. The van der Waals surface area contributed by atoms with Gasteiger partial charge < -0.3 is 9.80 Å². The van der Waals surface area contributed by atoms with Crippen molar-refractivity contribution in [1.29, 1.82) is 0 Å². The molecule has 0 N–H and O–H groups in total. The summed E-state index contributed by atoms with van der Waals surface area (Å²) in [6.07, 6.45) is 0.859. The molecule has 2 aromatic carbocycles. The summed E-state index contributed by atoms with van der Waals surface area (Å²) in [6.45, 7) is 4.66. The largest absolute Gasteiger partial charge is 0.363 e. The van der Waals surface area contributed by atoms with Crippen molar-refractivity contribution in [2.45, 2.75) is 32.9 Å². The summed E-state index contributed by atoms with van der Waals surface area (Å²) >= 11 is 6.02. The average molecular weight is 425 g/mol. The molecule has 0 aliphatic carbocycles. The van der Waals surface area contributed by atoms with Gasteiger partial charge in [0.05, 0.1) is 12.2 Å². The standard InChI is InChI=1S/C24H29ClN4O/c1-6-17(2)29(24(30)19-12-14-20(25)15-13-19)16-21-22(18-10-8-7-9-11-18)26-28(5)23(21)27(3)4/h7-15,17H,6,16H2,1-5H3/t17-/m1/s1. The van der Waals surface area contributed by atoms with E-state index in [4.69, 9.17) is 16.7 Å². The van der Waals surface area contributed by atoms with Crippen molar-refractivity contribution in [3.63, 3.8) is 0 Å². The van der Waals surface area contributed by atoms with Crippen molar-refractivity contribution in [2.24, 2.45) is 7.05 Å². The van der Waals surface area contributed by atoms with E-state index >= 15 is 0 Å². The lowest BCUT2D eigenvalue weighted by atomic mass is 10.0. The molecule has 0 saturated heterocycles. The predicted molar refractivity (Wildman–Crippen MR) is 124 cm³/mol. The maximum absolute atomic E-state index is 13.4. The molecule has 30 heavy (non-hydrogen) atoms. The average Bonchev–Trinajstić information content (AvgIpc) is 3.08. The Kier molecular flexibility index (Phi) is 6.83. The van der Waals surface area contributed by atoms with E-state index in [9.17, 15) is 4.79 Å². The van der Waals surface area contributed by atoms with Crippen molar-refractivity contribution in [2.75, 3.05) is 19.0 Å². The number of carbonyl (C=O) groups is 1. The van der Waals surface area contributed by atoms with Crippen molar-refractivity contribution < 1.29 is 4.79 Å². The molecule has 0 fully saturated rings. The molecule has 1 aromatic heterocycles. The highest BCUT2D eigenvalue weighted by molar-refractivity contribution is 6.30. The van der Waals surface area contributed by atoms with Gasteiger partial charge in [-0.25, -0.2) is 0 Å². The van der Waals surface area contributed by atoms with Crippen LogP contribution in [-0.4, -0.2) is 40.7 Å². The van der Waals surface area contributed by atoms with Gasteiger partial charge in [-0.1, -0.05) is 48.9 Å². The summed E-state index contributed by atoms with van der Waals surface area (Å²) in [4.78, 5) is 17.4. The fourth-order valence-corrected chi connectivity index (χ4v) is 3.79. The van der Waals surface area contributed by atoms with Crippen LogP contribution >= 0.6 is 11.6 Å². The molecular formula is C24H29ClN4O. The van der Waals surface area contributed by atoms with Crippen LogP contribution in [0.4, 0.5) is 5.82 Å². The summed E-state index contributed by atoms with van der Waals surface area (Å²) in [5, 5.41) is 5.42. The van der Waals surface area contributed by atoms with Crippen LogP contribution in [0.25, 0.3) is 11.3 Å². The Morgan fingerprint density at radius 2 is 1.73 bits per heavy atom. The quantitative estimate of drug-likeness (QED) is 0.520. The van der Waals surface area contributed by atoms with Crippen LogP contribution < -0.4 is 4.90 Å². The van der Waals surface area contributed by atoms with E-state index in [1.807, 2.05) is 48.9 Å². The minimum atomic E-state index is -0.00594. The number of nitrogens with zero attached hydrogens (tertiary/aromatic N) is 4. The van der Waals surface area contributed by atoms with Gasteiger partial charge in [0.1, 0.15) is 5.82 Å². The summed E-state index contributed by atoms with van der Waals surface area (Å²) in [6, 6.07) is 17.3. The molecular weight excluding hydrogens is 396 g/mol. The molecule has 1 atom stereocenters. The first-order valence-corrected chi connectivity index (χ1v) is 10.6. The third-order valence-electron chi connectivity index (χ3n) is 5.39. The molecule has 158 valence electrons. The van der Waals surface area contributed by atoms with Crippen LogP contribution in [0.1, 0.15) is 36.2 Å². The number of halogens is 1. The van der Waals surface area contributed by atoms with Crippen molar-refractivity contribution in [1.82, 2.24) is 14.7 Å². The maximum Gasteiger partial charge on any atom is 0.254 e. The second-order valence-electron chi connectivity index (χ2n) is 7.73.